The molecule has 158 valence electrons. The third-order valence-electron chi connectivity index (χ3n) is 4.47. The fraction of sp³-hybridized carbons (Fsp3) is 0.524. The lowest BCUT2D eigenvalue weighted by Gasteiger charge is -2.17. The van der Waals surface area contributed by atoms with Crippen LogP contribution in [0.1, 0.15) is 51.3 Å². The highest BCUT2D eigenvalue weighted by Gasteiger charge is 2.17. The number of imidazole rings is 1. The zero-order valence-electron chi connectivity index (χ0n) is 17.0. The number of hydrogen-bond acceptors (Lipinski definition) is 3. The molecule has 3 N–H and O–H groups in total. The minimum atomic E-state index is -0.567. The van der Waals surface area contributed by atoms with Crippen molar-refractivity contribution in [2.24, 2.45) is 11.7 Å². The average Bonchev–Trinajstić information content (AvgIpc) is 3.02. The van der Waals surface area contributed by atoms with Gasteiger partial charge in [-0.3, -0.25) is 4.79 Å². The van der Waals surface area contributed by atoms with Gasteiger partial charge < -0.3 is 15.6 Å². The minimum Gasteiger partial charge on any atom is -0.352 e. The summed E-state index contributed by atoms with van der Waals surface area (Å²) >= 11 is 0. The van der Waals surface area contributed by atoms with Crippen molar-refractivity contribution >= 4 is 30.7 Å². The largest absolute Gasteiger partial charge is 0.352 e. The van der Waals surface area contributed by atoms with E-state index in [0.29, 0.717) is 12.3 Å². The summed E-state index contributed by atoms with van der Waals surface area (Å²) in [5.74, 6) is 0.603. The summed E-state index contributed by atoms with van der Waals surface area (Å²) in [7, 11) is 0. The number of carbonyl (C=O) groups excluding carboxylic acids is 1. The van der Waals surface area contributed by atoms with Crippen LogP contribution in [0.25, 0.3) is 0 Å². The molecule has 2 rings (SSSR count). The molecule has 5 nitrogen and oxygen atoms in total. The first kappa shape index (κ1) is 26.4. The van der Waals surface area contributed by atoms with Gasteiger partial charge in [0, 0.05) is 25.2 Å². The van der Waals surface area contributed by atoms with E-state index in [9.17, 15) is 4.79 Å². The topological polar surface area (TPSA) is 72.9 Å². The lowest BCUT2D eigenvalue weighted by molar-refractivity contribution is -0.123. The molecule has 0 saturated heterocycles. The molecule has 0 saturated carbocycles. The number of halogens is 2. The predicted octanol–water partition coefficient (Wildman–Crippen LogP) is 3.98. The molecule has 0 spiro atoms. The van der Waals surface area contributed by atoms with E-state index < -0.39 is 6.04 Å². The smallest absolute Gasteiger partial charge is 0.237 e. The summed E-state index contributed by atoms with van der Waals surface area (Å²) in [5, 5.41) is 3.02. The maximum absolute atomic E-state index is 12.3. The molecule has 1 aromatic carbocycles. The van der Waals surface area contributed by atoms with Crippen molar-refractivity contribution in [3.8, 4) is 0 Å². The van der Waals surface area contributed by atoms with Crippen LogP contribution in [-0.4, -0.2) is 27.5 Å². The highest BCUT2D eigenvalue weighted by atomic mass is 35.5. The number of aromatic nitrogens is 2. The van der Waals surface area contributed by atoms with Crippen LogP contribution >= 0.6 is 24.8 Å². The van der Waals surface area contributed by atoms with Crippen LogP contribution in [0, 0.1) is 5.92 Å². The monoisotopic (exact) mass is 428 g/mol. The Morgan fingerprint density at radius 2 is 1.82 bits per heavy atom. The van der Waals surface area contributed by atoms with Crippen LogP contribution in [0.3, 0.4) is 0 Å². The minimum absolute atomic E-state index is 0. The van der Waals surface area contributed by atoms with E-state index in [1.54, 1.807) is 6.33 Å². The van der Waals surface area contributed by atoms with Crippen molar-refractivity contribution in [3.05, 3.63) is 54.1 Å². The molecule has 0 radical (unpaired) electrons. The first-order valence-electron chi connectivity index (χ1n) is 9.54. The second kappa shape index (κ2) is 13.6. The predicted molar refractivity (Wildman–Crippen MR) is 120 cm³/mol. The molecule has 0 bridgehead atoms. The zero-order valence-corrected chi connectivity index (χ0v) is 18.6. The van der Waals surface area contributed by atoms with Crippen LogP contribution in [0.4, 0.5) is 0 Å². The molecular weight excluding hydrogens is 395 g/mol. The Morgan fingerprint density at radius 3 is 2.46 bits per heavy atom. The molecule has 0 aliphatic carbocycles. The molecule has 28 heavy (non-hydrogen) atoms. The summed E-state index contributed by atoms with van der Waals surface area (Å²) in [6.45, 7) is 7.24. The Bertz CT molecular complexity index is 676. The molecule has 1 aromatic heterocycles. The Labute approximate surface area is 181 Å². The zero-order chi connectivity index (χ0) is 18.9. The Balaban J connectivity index is 0.00000364. The van der Waals surface area contributed by atoms with E-state index in [1.807, 2.05) is 35.9 Å². The number of benzene rings is 1. The fourth-order valence-electron chi connectivity index (χ4n) is 2.96. The standard InChI is InChI=1S/C21H32N4O.2ClH/c1-16(2)8-7-9-17(3)24-21(26)20(22)12-19-14-25(15-23-19)13-18-10-5-4-6-11-18;;/h4-6,10-11,14-17,20H,7-9,12-13,22H2,1-3H3,(H,24,26);2*1H/t17?,20-;;/m0../s1. The summed E-state index contributed by atoms with van der Waals surface area (Å²) in [6.07, 6.45) is 7.51. The van der Waals surface area contributed by atoms with Crippen LogP contribution in [0.5, 0.6) is 0 Å². The first-order chi connectivity index (χ1) is 12.4. The molecule has 0 fully saturated rings. The summed E-state index contributed by atoms with van der Waals surface area (Å²) in [6, 6.07) is 9.81. The highest BCUT2D eigenvalue weighted by molar-refractivity contribution is 5.85. The third kappa shape index (κ3) is 9.58. The van der Waals surface area contributed by atoms with E-state index in [4.69, 9.17) is 5.73 Å². The van der Waals surface area contributed by atoms with Gasteiger partial charge >= 0.3 is 0 Å². The highest BCUT2D eigenvalue weighted by Crippen LogP contribution is 2.09. The van der Waals surface area contributed by atoms with Crippen molar-refractivity contribution in [2.45, 2.75) is 65.1 Å². The van der Waals surface area contributed by atoms with Crippen molar-refractivity contribution in [2.75, 3.05) is 0 Å². The third-order valence-corrected chi connectivity index (χ3v) is 4.47. The van der Waals surface area contributed by atoms with Gasteiger partial charge in [-0.05, 0) is 24.8 Å². The Kier molecular flexibility index (Phi) is 12.8. The van der Waals surface area contributed by atoms with Gasteiger partial charge in [-0.25, -0.2) is 4.98 Å². The summed E-state index contributed by atoms with van der Waals surface area (Å²) in [5.41, 5.74) is 8.13. The summed E-state index contributed by atoms with van der Waals surface area (Å²) < 4.78 is 2.02. The molecule has 1 unspecified atom stereocenters. The average molecular weight is 429 g/mol. The number of carbonyl (C=O) groups is 1. The van der Waals surface area contributed by atoms with Crippen LogP contribution in [-0.2, 0) is 17.8 Å². The summed E-state index contributed by atoms with van der Waals surface area (Å²) in [4.78, 5) is 16.7. The van der Waals surface area contributed by atoms with Gasteiger partial charge in [-0.1, -0.05) is 57.0 Å². The van der Waals surface area contributed by atoms with Crippen LogP contribution < -0.4 is 11.1 Å². The molecule has 1 amide bonds. The quantitative estimate of drug-likeness (QED) is 0.600. The number of amides is 1. The van der Waals surface area contributed by atoms with Gasteiger partial charge in [-0.2, -0.15) is 0 Å². The van der Waals surface area contributed by atoms with Crippen LogP contribution in [0.2, 0.25) is 0 Å². The van der Waals surface area contributed by atoms with Gasteiger partial charge in [0.15, 0.2) is 0 Å². The van der Waals surface area contributed by atoms with Gasteiger partial charge in [0.25, 0.3) is 0 Å². The normalized spacial score (nSPS) is 12.6. The molecule has 0 aliphatic heterocycles. The van der Waals surface area contributed by atoms with E-state index in [0.717, 1.165) is 25.1 Å². The fourth-order valence-corrected chi connectivity index (χ4v) is 2.96. The van der Waals surface area contributed by atoms with Gasteiger partial charge in [0.2, 0.25) is 5.91 Å². The second-order valence-electron chi connectivity index (χ2n) is 7.57. The van der Waals surface area contributed by atoms with Crippen LogP contribution in [0.15, 0.2) is 42.9 Å². The molecule has 1 heterocycles. The maximum atomic E-state index is 12.3. The second-order valence-corrected chi connectivity index (χ2v) is 7.57. The lowest BCUT2D eigenvalue weighted by Crippen LogP contribution is -2.45. The van der Waals surface area contributed by atoms with Gasteiger partial charge in [-0.15, -0.1) is 24.8 Å². The van der Waals surface area contributed by atoms with Crippen molar-refractivity contribution in [1.29, 1.82) is 0 Å². The van der Waals surface area contributed by atoms with Crippen molar-refractivity contribution < 1.29 is 4.79 Å². The van der Waals surface area contributed by atoms with Crippen molar-refractivity contribution in [1.82, 2.24) is 14.9 Å². The maximum Gasteiger partial charge on any atom is 0.237 e. The van der Waals surface area contributed by atoms with Crippen molar-refractivity contribution in [3.63, 3.8) is 0 Å². The number of nitrogens with zero attached hydrogens (tertiary/aromatic N) is 2. The SMILES string of the molecule is CC(C)CCCC(C)NC(=O)[C@@H](N)Cc1cn(Cc2ccccc2)cn1.Cl.Cl. The van der Waals surface area contributed by atoms with E-state index in [2.05, 4.69) is 36.3 Å². The van der Waals surface area contributed by atoms with E-state index in [1.165, 1.54) is 12.0 Å². The lowest BCUT2D eigenvalue weighted by atomic mass is 10.0. The Morgan fingerprint density at radius 1 is 1.14 bits per heavy atom. The molecule has 2 atom stereocenters. The number of nitrogens with one attached hydrogen (secondary N) is 1. The molecule has 0 aliphatic rings. The number of hydrogen-bond donors (Lipinski definition) is 2. The van der Waals surface area contributed by atoms with E-state index >= 15 is 0 Å². The molecule has 7 heteroatoms. The number of nitrogens with two attached hydrogens (primary N) is 1. The molecule has 2 aromatic rings. The van der Waals surface area contributed by atoms with Gasteiger partial charge in [0.1, 0.15) is 0 Å². The number of rotatable bonds is 10. The Hall–Kier alpha value is -1.56. The van der Waals surface area contributed by atoms with E-state index in [-0.39, 0.29) is 36.8 Å². The first-order valence-corrected chi connectivity index (χ1v) is 9.54. The molecular formula is C21H34Cl2N4O. The van der Waals surface area contributed by atoms with Gasteiger partial charge in [0.05, 0.1) is 18.1 Å².